The largest absolute Gasteiger partial charge is 0.395 e. The molecular weight excluding hydrogens is 254 g/mol. The topological polar surface area (TPSA) is 33.1 Å². The molecule has 0 fully saturated rings. The van der Waals surface area contributed by atoms with Crippen LogP contribution in [0, 0.1) is 0 Å². The highest BCUT2D eigenvalue weighted by molar-refractivity contribution is 7.10. The number of rotatable bonds is 3. The molecule has 1 heterocycles. The zero-order valence-electron chi connectivity index (χ0n) is 9.77. The second-order valence-electron chi connectivity index (χ2n) is 4.59. The smallest absolute Gasteiger partial charge is 0.101 e. The van der Waals surface area contributed by atoms with Crippen LogP contribution in [-0.2, 0) is 5.41 Å². The Kier molecular flexibility index (Phi) is 3.52. The third-order valence-electron chi connectivity index (χ3n) is 2.62. The maximum atomic E-state index is 9.31. The molecule has 0 atom stereocenters. The standard InChI is InChI=1S/C13H14ClNOS/c1-13(2,8-16)12-15-11(7-17-12)9-3-5-10(14)6-4-9/h3-7,16H,8H2,1-2H3. The summed E-state index contributed by atoms with van der Waals surface area (Å²) in [6.07, 6.45) is 0. The molecule has 0 aliphatic carbocycles. The van der Waals surface area contributed by atoms with Gasteiger partial charge >= 0.3 is 0 Å². The van der Waals surface area contributed by atoms with E-state index in [0.717, 1.165) is 21.3 Å². The molecule has 0 saturated heterocycles. The molecule has 2 aromatic rings. The SMILES string of the molecule is CC(C)(CO)c1nc(-c2ccc(Cl)cc2)cs1. The number of aromatic nitrogens is 1. The lowest BCUT2D eigenvalue weighted by atomic mass is 9.96. The number of benzene rings is 1. The zero-order chi connectivity index (χ0) is 12.5. The summed E-state index contributed by atoms with van der Waals surface area (Å²) in [5.74, 6) is 0. The Morgan fingerprint density at radius 3 is 2.53 bits per heavy atom. The van der Waals surface area contributed by atoms with Gasteiger partial charge in [-0.05, 0) is 12.1 Å². The van der Waals surface area contributed by atoms with Crippen molar-refractivity contribution in [2.24, 2.45) is 0 Å². The van der Waals surface area contributed by atoms with Gasteiger partial charge in [-0.1, -0.05) is 37.6 Å². The van der Waals surface area contributed by atoms with Crippen LogP contribution in [0.4, 0.5) is 0 Å². The summed E-state index contributed by atoms with van der Waals surface area (Å²) in [4.78, 5) is 4.57. The van der Waals surface area contributed by atoms with Gasteiger partial charge in [-0.25, -0.2) is 4.98 Å². The Bertz CT molecular complexity index is 504. The fraction of sp³-hybridized carbons (Fsp3) is 0.308. The van der Waals surface area contributed by atoms with Crippen molar-refractivity contribution in [1.82, 2.24) is 4.98 Å². The van der Waals surface area contributed by atoms with Crippen molar-refractivity contribution < 1.29 is 5.11 Å². The van der Waals surface area contributed by atoms with Gasteiger partial charge in [0.15, 0.2) is 0 Å². The van der Waals surface area contributed by atoms with Crippen LogP contribution in [-0.4, -0.2) is 16.7 Å². The van der Waals surface area contributed by atoms with E-state index in [2.05, 4.69) is 4.98 Å². The molecule has 0 saturated carbocycles. The monoisotopic (exact) mass is 267 g/mol. The Hall–Kier alpha value is -0.900. The van der Waals surface area contributed by atoms with E-state index in [1.807, 2.05) is 43.5 Å². The van der Waals surface area contributed by atoms with Gasteiger partial charge in [-0.3, -0.25) is 0 Å². The Morgan fingerprint density at radius 2 is 1.94 bits per heavy atom. The van der Waals surface area contributed by atoms with Crippen LogP contribution in [0.1, 0.15) is 18.9 Å². The number of hydrogen-bond donors (Lipinski definition) is 1. The second-order valence-corrected chi connectivity index (χ2v) is 5.88. The van der Waals surface area contributed by atoms with Gasteiger partial charge in [0, 0.05) is 21.4 Å². The van der Waals surface area contributed by atoms with Crippen molar-refractivity contribution in [2.75, 3.05) is 6.61 Å². The molecule has 0 amide bonds. The summed E-state index contributed by atoms with van der Waals surface area (Å²) in [6, 6.07) is 7.61. The zero-order valence-corrected chi connectivity index (χ0v) is 11.3. The number of thiazole rings is 1. The lowest BCUT2D eigenvalue weighted by Gasteiger charge is -2.17. The van der Waals surface area contributed by atoms with Crippen LogP contribution in [0.5, 0.6) is 0 Å². The van der Waals surface area contributed by atoms with Crippen molar-refractivity contribution in [2.45, 2.75) is 19.3 Å². The molecule has 4 heteroatoms. The van der Waals surface area contributed by atoms with E-state index < -0.39 is 0 Å². The number of aliphatic hydroxyl groups excluding tert-OH is 1. The molecule has 0 aliphatic heterocycles. The highest BCUT2D eigenvalue weighted by atomic mass is 35.5. The fourth-order valence-corrected chi connectivity index (χ4v) is 2.48. The second kappa shape index (κ2) is 4.77. The number of hydrogen-bond acceptors (Lipinski definition) is 3. The normalized spacial score (nSPS) is 11.8. The van der Waals surface area contributed by atoms with E-state index in [1.54, 1.807) is 11.3 Å². The molecule has 0 aliphatic rings. The third kappa shape index (κ3) is 2.68. The van der Waals surface area contributed by atoms with Gasteiger partial charge in [0.05, 0.1) is 12.3 Å². The quantitative estimate of drug-likeness (QED) is 0.919. The van der Waals surface area contributed by atoms with E-state index in [4.69, 9.17) is 11.6 Å². The molecule has 2 rings (SSSR count). The molecule has 0 spiro atoms. The predicted molar refractivity (Wildman–Crippen MR) is 72.7 cm³/mol. The molecule has 1 N–H and O–H groups in total. The summed E-state index contributed by atoms with van der Waals surface area (Å²) in [5, 5.41) is 13.0. The van der Waals surface area contributed by atoms with Crippen LogP contribution < -0.4 is 0 Å². The lowest BCUT2D eigenvalue weighted by molar-refractivity contribution is 0.218. The molecule has 1 aromatic heterocycles. The summed E-state index contributed by atoms with van der Waals surface area (Å²) in [7, 11) is 0. The maximum Gasteiger partial charge on any atom is 0.101 e. The van der Waals surface area contributed by atoms with Gasteiger partial charge in [-0.2, -0.15) is 0 Å². The van der Waals surface area contributed by atoms with Crippen molar-refractivity contribution >= 4 is 22.9 Å². The minimum atomic E-state index is -0.282. The predicted octanol–water partition coefficient (Wildman–Crippen LogP) is 3.73. The van der Waals surface area contributed by atoms with Crippen molar-refractivity contribution in [3.8, 4) is 11.3 Å². The van der Waals surface area contributed by atoms with Crippen LogP contribution >= 0.6 is 22.9 Å². The average molecular weight is 268 g/mol. The van der Waals surface area contributed by atoms with Crippen LogP contribution in [0.2, 0.25) is 5.02 Å². The molecule has 1 aromatic carbocycles. The average Bonchev–Trinajstić information content (AvgIpc) is 2.80. The van der Waals surface area contributed by atoms with Crippen LogP contribution in [0.25, 0.3) is 11.3 Å². The summed E-state index contributed by atoms with van der Waals surface area (Å²) in [6.45, 7) is 4.07. The van der Waals surface area contributed by atoms with E-state index in [0.29, 0.717) is 0 Å². The number of halogens is 1. The van der Waals surface area contributed by atoms with Crippen molar-refractivity contribution in [3.63, 3.8) is 0 Å². The Labute approximate surface area is 110 Å². The first-order valence-corrected chi connectivity index (χ1v) is 6.61. The highest BCUT2D eigenvalue weighted by Gasteiger charge is 2.23. The number of aliphatic hydroxyl groups is 1. The summed E-state index contributed by atoms with van der Waals surface area (Å²) < 4.78 is 0. The van der Waals surface area contributed by atoms with Gasteiger partial charge in [0.25, 0.3) is 0 Å². The molecule has 0 unspecified atom stereocenters. The third-order valence-corrected chi connectivity index (χ3v) is 4.08. The summed E-state index contributed by atoms with van der Waals surface area (Å²) in [5.41, 5.74) is 1.70. The lowest BCUT2D eigenvalue weighted by Crippen LogP contribution is -2.21. The van der Waals surface area contributed by atoms with Crippen LogP contribution in [0.15, 0.2) is 29.6 Å². The minimum absolute atomic E-state index is 0.0978. The molecule has 90 valence electrons. The molecule has 0 bridgehead atoms. The van der Waals surface area contributed by atoms with Gasteiger partial charge in [-0.15, -0.1) is 11.3 Å². The summed E-state index contributed by atoms with van der Waals surface area (Å²) >= 11 is 7.42. The first-order valence-electron chi connectivity index (χ1n) is 5.36. The van der Waals surface area contributed by atoms with E-state index >= 15 is 0 Å². The minimum Gasteiger partial charge on any atom is -0.395 e. The van der Waals surface area contributed by atoms with E-state index in [9.17, 15) is 5.11 Å². The van der Waals surface area contributed by atoms with Gasteiger partial charge < -0.3 is 5.11 Å². The Balaban J connectivity index is 2.33. The molecule has 0 radical (unpaired) electrons. The molecule has 17 heavy (non-hydrogen) atoms. The first kappa shape index (κ1) is 12.6. The van der Waals surface area contributed by atoms with Gasteiger partial charge in [0.1, 0.15) is 5.01 Å². The maximum absolute atomic E-state index is 9.31. The molecular formula is C13H14ClNOS. The van der Waals surface area contributed by atoms with Crippen LogP contribution in [0.3, 0.4) is 0 Å². The fourth-order valence-electron chi connectivity index (χ4n) is 1.41. The van der Waals surface area contributed by atoms with E-state index in [1.165, 1.54) is 0 Å². The van der Waals surface area contributed by atoms with Crippen molar-refractivity contribution in [3.05, 3.63) is 39.7 Å². The van der Waals surface area contributed by atoms with E-state index in [-0.39, 0.29) is 12.0 Å². The van der Waals surface area contributed by atoms with Crippen molar-refractivity contribution in [1.29, 1.82) is 0 Å². The highest BCUT2D eigenvalue weighted by Crippen LogP contribution is 2.30. The Morgan fingerprint density at radius 1 is 1.29 bits per heavy atom. The number of nitrogens with zero attached hydrogens (tertiary/aromatic N) is 1. The first-order chi connectivity index (χ1) is 8.03. The molecule has 2 nitrogen and oxygen atoms in total. The van der Waals surface area contributed by atoms with Gasteiger partial charge in [0.2, 0.25) is 0 Å².